The number of benzene rings is 2. The van der Waals surface area contributed by atoms with Crippen LogP contribution in [0.25, 0.3) is 0 Å². The van der Waals surface area contributed by atoms with E-state index in [-0.39, 0.29) is 24.6 Å². The van der Waals surface area contributed by atoms with Gasteiger partial charge in [-0.05, 0) is 36.8 Å². The van der Waals surface area contributed by atoms with Crippen molar-refractivity contribution in [1.82, 2.24) is 10.2 Å². The fourth-order valence-electron chi connectivity index (χ4n) is 3.52. The Labute approximate surface area is 164 Å². The second-order valence-electron chi connectivity index (χ2n) is 6.93. The van der Waals surface area contributed by atoms with Crippen LogP contribution in [0.2, 0.25) is 0 Å². The van der Waals surface area contributed by atoms with E-state index in [0.717, 1.165) is 4.90 Å². The minimum Gasteiger partial charge on any atom is -0.489 e. The molecule has 29 heavy (non-hydrogen) atoms. The Morgan fingerprint density at radius 3 is 2.62 bits per heavy atom. The van der Waals surface area contributed by atoms with Gasteiger partial charge in [0.2, 0.25) is 5.91 Å². The zero-order valence-electron chi connectivity index (χ0n) is 15.4. The maximum atomic E-state index is 14.3. The van der Waals surface area contributed by atoms with Gasteiger partial charge in [-0.15, -0.1) is 0 Å². The van der Waals surface area contributed by atoms with Crippen LogP contribution in [0.5, 0.6) is 5.75 Å². The van der Waals surface area contributed by atoms with Gasteiger partial charge in [0.25, 0.3) is 5.91 Å². The average Bonchev–Trinajstić information content (AvgIpc) is 2.92. The number of nitrogens with one attached hydrogen (secondary N) is 1. The van der Waals surface area contributed by atoms with Crippen LogP contribution in [0.3, 0.4) is 0 Å². The van der Waals surface area contributed by atoms with Gasteiger partial charge in [-0.1, -0.05) is 18.2 Å². The van der Waals surface area contributed by atoms with Crippen LogP contribution in [0, 0.1) is 11.6 Å². The van der Waals surface area contributed by atoms with E-state index in [9.17, 15) is 23.2 Å². The summed E-state index contributed by atoms with van der Waals surface area (Å²) < 4.78 is 32.8. The minimum atomic E-state index is -1.43. The third-order valence-corrected chi connectivity index (χ3v) is 5.08. The number of carbonyl (C=O) groups is 3. The number of imide groups is 1. The number of amides is 4. The number of anilines is 1. The van der Waals surface area contributed by atoms with Gasteiger partial charge in [0, 0.05) is 0 Å². The zero-order valence-corrected chi connectivity index (χ0v) is 15.4. The maximum Gasteiger partial charge on any atom is 0.325 e. The summed E-state index contributed by atoms with van der Waals surface area (Å²) in [5.74, 6) is -2.16. The quantitative estimate of drug-likeness (QED) is 0.800. The lowest BCUT2D eigenvalue weighted by molar-refractivity contribution is -0.134. The van der Waals surface area contributed by atoms with Crippen LogP contribution in [0.4, 0.5) is 19.3 Å². The molecule has 2 heterocycles. The molecule has 1 N–H and O–H groups in total. The molecule has 0 aliphatic carbocycles. The number of rotatable bonds is 3. The first-order chi connectivity index (χ1) is 13.8. The minimum absolute atomic E-state index is 0.0166. The molecule has 0 radical (unpaired) electrons. The van der Waals surface area contributed by atoms with Gasteiger partial charge in [-0.25, -0.2) is 13.6 Å². The summed E-state index contributed by atoms with van der Waals surface area (Å²) in [4.78, 5) is 40.1. The first kappa shape index (κ1) is 18.9. The van der Waals surface area contributed by atoms with Crippen molar-refractivity contribution in [2.75, 3.05) is 24.6 Å². The van der Waals surface area contributed by atoms with Crippen molar-refractivity contribution in [3.8, 4) is 5.75 Å². The lowest BCUT2D eigenvalue weighted by Crippen LogP contribution is -2.47. The van der Waals surface area contributed by atoms with Gasteiger partial charge in [-0.3, -0.25) is 14.5 Å². The second kappa shape index (κ2) is 6.84. The Morgan fingerprint density at radius 2 is 1.90 bits per heavy atom. The van der Waals surface area contributed by atoms with Crippen LogP contribution < -0.4 is 15.0 Å². The largest absolute Gasteiger partial charge is 0.489 e. The Balaban J connectivity index is 1.58. The normalized spacial score (nSPS) is 20.9. The molecule has 0 saturated carbocycles. The lowest BCUT2D eigenvalue weighted by atomic mass is 9.92. The highest BCUT2D eigenvalue weighted by atomic mass is 19.1. The standard InChI is InChI=1S/C20H17F2N3O4/c1-20(12-5-7-13(21)8-6-12)18(27)25(19(28)23-20)11-16(26)24-9-10-29-15-4-2-3-14(22)17(15)24/h2-8H,9-11H2,1H3,(H,23,28)/t20-/m0/s1. The van der Waals surface area contributed by atoms with Crippen molar-refractivity contribution in [3.05, 3.63) is 59.7 Å². The van der Waals surface area contributed by atoms with E-state index in [1.54, 1.807) is 0 Å². The van der Waals surface area contributed by atoms with Crippen molar-refractivity contribution < 1.29 is 27.9 Å². The van der Waals surface area contributed by atoms with Crippen LogP contribution >= 0.6 is 0 Å². The molecule has 1 atom stereocenters. The highest BCUT2D eigenvalue weighted by Crippen LogP contribution is 2.35. The number of para-hydroxylation sites is 1. The van der Waals surface area contributed by atoms with Gasteiger partial charge >= 0.3 is 6.03 Å². The van der Waals surface area contributed by atoms with Crippen molar-refractivity contribution in [3.63, 3.8) is 0 Å². The van der Waals surface area contributed by atoms with E-state index in [1.807, 2.05) is 0 Å². The Hall–Kier alpha value is -3.49. The van der Waals surface area contributed by atoms with Gasteiger partial charge in [0.1, 0.15) is 35.9 Å². The van der Waals surface area contributed by atoms with E-state index < -0.39 is 41.6 Å². The molecular weight excluding hydrogens is 384 g/mol. The molecule has 0 unspecified atom stereocenters. The molecule has 9 heteroatoms. The number of nitrogens with zero attached hydrogens (tertiary/aromatic N) is 2. The molecule has 4 amide bonds. The third kappa shape index (κ3) is 3.08. The molecule has 2 aromatic rings. The van der Waals surface area contributed by atoms with Gasteiger partial charge in [-0.2, -0.15) is 0 Å². The lowest BCUT2D eigenvalue weighted by Gasteiger charge is -2.30. The molecule has 0 bridgehead atoms. The molecule has 1 saturated heterocycles. The van der Waals surface area contributed by atoms with Gasteiger partial charge in [0.05, 0.1) is 6.54 Å². The molecular formula is C20H17F2N3O4. The summed E-state index contributed by atoms with van der Waals surface area (Å²) in [6.07, 6.45) is 0. The molecule has 0 aromatic heterocycles. The summed E-state index contributed by atoms with van der Waals surface area (Å²) in [6.45, 7) is 1.17. The number of hydrogen-bond acceptors (Lipinski definition) is 4. The summed E-state index contributed by atoms with van der Waals surface area (Å²) >= 11 is 0. The molecule has 2 aliphatic rings. The van der Waals surface area contributed by atoms with Crippen LogP contribution in [-0.2, 0) is 15.1 Å². The smallest absolute Gasteiger partial charge is 0.325 e. The Morgan fingerprint density at radius 1 is 1.17 bits per heavy atom. The fourth-order valence-corrected chi connectivity index (χ4v) is 3.52. The predicted molar refractivity (Wildman–Crippen MR) is 98.2 cm³/mol. The van der Waals surface area contributed by atoms with E-state index in [4.69, 9.17) is 4.74 Å². The monoisotopic (exact) mass is 401 g/mol. The molecule has 4 rings (SSSR count). The van der Waals surface area contributed by atoms with Crippen LogP contribution in [0.15, 0.2) is 42.5 Å². The van der Waals surface area contributed by atoms with Crippen LogP contribution in [-0.4, -0.2) is 42.4 Å². The highest BCUT2D eigenvalue weighted by molar-refractivity contribution is 6.10. The summed E-state index contributed by atoms with van der Waals surface area (Å²) in [6, 6.07) is 8.61. The topological polar surface area (TPSA) is 79.0 Å². The summed E-state index contributed by atoms with van der Waals surface area (Å²) in [7, 11) is 0. The number of hydrogen-bond donors (Lipinski definition) is 1. The Bertz CT molecular complexity index is 1010. The van der Waals surface area contributed by atoms with E-state index in [1.165, 1.54) is 54.3 Å². The van der Waals surface area contributed by atoms with E-state index in [0.29, 0.717) is 5.56 Å². The molecule has 7 nitrogen and oxygen atoms in total. The van der Waals surface area contributed by atoms with Gasteiger partial charge in [0.15, 0.2) is 5.82 Å². The van der Waals surface area contributed by atoms with E-state index in [2.05, 4.69) is 5.32 Å². The summed E-state index contributed by atoms with van der Waals surface area (Å²) in [5.41, 5.74) is -1.06. The second-order valence-corrected chi connectivity index (χ2v) is 6.93. The number of ether oxygens (including phenoxy) is 1. The maximum absolute atomic E-state index is 14.3. The van der Waals surface area contributed by atoms with E-state index >= 15 is 0 Å². The first-order valence-electron chi connectivity index (χ1n) is 8.93. The zero-order chi connectivity index (χ0) is 20.8. The average molecular weight is 401 g/mol. The number of urea groups is 1. The highest BCUT2D eigenvalue weighted by Gasteiger charge is 2.50. The number of carbonyl (C=O) groups excluding carboxylic acids is 3. The summed E-state index contributed by atoms with van der Waals surface area (Å²) in [5, 5.41) is 2.55. The number of fused-ring (bicyclic) bond motifs is 1. The van der Waals surface area contributed by atoms with Crippen molar-refractivity contribution in [2.24, 2.45) is 0 Å². The van der Waals surface area contributed by atoms with Crippen molar-refractivity contribution in [1.29, 1.82) is 0 Å². The first-order valence-corrected chi connectivity index (χ1v) is 8.93. The number of halogens is 2. The molecule has 150 valence electrons. The SMILES string of the molecule is C[C@@]1(c2ccc(F)cc2)NC(=O)N(CC(=O)N2CCOc3cccc(F)c32)C1=O. The van der Waals surface area contributed by atoms with Crippen LogP contribution in [0.1, 0.15) is 12.5 Å². The third-order valence-electron chi connectivity index (χ3n) is 5.08. The fraction of sp³-hybridized carbons (Fsp3) is 0.250. The van der Waals surface area contributed by atoms with Crippen molar-refractivity contribution in [2.45, 2.75) is 12.5 Å². The molecule has 2 aromatic carbocycles. The van der Waals surface area contributed by atoms with Crippen molar-refractivity contribution >= 4 is 23.5 Å². The molecule has 1 fully saturated rings. The molecule has 0 spiro atoms. The predicted octanol–water partition coefficient (Wildman–Crippen LogP) is 2.16. The van der Waals surface area contributed by atoms with Gasteiger partial charge < -0.3 is 15.0 Å². The molecule has 2 aliphatic heterocycles. The Kier molecular flexibility index (Phi) is 4.45.